The number of benzene rings is 3. The summed E-state index contributed by atoms with van der Waals surface area (Å²) in [4.78, 5) is 1.24. The minimum atomic E-state index is -0.121. The second-order valence-electron chi connectivity index (χ2n) is 4.67. The maximum atomic E-state index is 6.78. The van der Waals surface area contributed by atoms with Gasteiger partial charge in [-0.05, 0) is 34.2 Å². The van der Waals surface area contributed by atoms with E-state index in [1.54, 1.807) is 11.8 Å². The molecule has 1 atom stereocenters. The average Bonchev–Trinajstić information content (AvgIpc) is 2.53. The van der Waals surface area contributed by atoms with Crippen molar-refractivity contribution < 1.29 is 0 Å². The molecule has 100 valence electrons. The Labute approximate surface area is 128 Å². The molecule has 0 aliphatic heterocycles. The van der Waals surface area contributed by atoms with Crippen molar-refractivity contribution in [3.63, 3.8) is 0 Å². The second kappa shape index (κ2) is 5.90. The summed E-state index contributed by atoms with van der Waals surface area (Å²) >= 11 is 8.52. The predicted molar refractivity (Wildman–Crippen MR) is 89.9 cm³/mol. The van der Waals surface area contributed by atoms with Gasteiger partial charge in [0.1, 0.15) is 0 Å². The highest BCUT2D eigenvalue weighted by Gasteiger charge is 2.16. The molecular weight excluding hydrogens is 284 g/mol. The molecule has 20 heavy (non-hydrogen) atoms. The minimum absolute atomic E-state index is 0.121. The van der Waals surface area contributed by atoms with E-state index < -0.39 is 0 Å². The van der Waals surface area contributed by atoms with Crippen LogP contribution in [0, 0.1) is 0 Å². The molecule has 0 aliphatic rings. The van der Waals surface area contributed by atoms with E-state index in [9.17, 15) is 0 Å². The van der Waals surface area contributed by atoms with Crippen molar-refractivity contribution in [3.05, 3.63) is 77.9 Å². The highest BCUT2D eigenvalue weighted by Crippen LogP contribution is 2.37. The van der Waals surface area contributed by atoms with Crippen molar-refractivity contribution in [2.24, 2.45) is 0 Å². The number of hydrogen-bond donors (Lipinski definition) is 0. The third-order valence-corrected chi connectivity index (χ3v) is 4.79. The smallest absolute Gasteiger partial charge is 0.0852 e. The first-order valence-corrected chi connectivity index (χ1v) is 8.22. The van der Waals surface area contributed by atoms with Gasteiger partial charge in [-0.3, -0.25) is 0 Å². The summed E-state index contributed by atoms with van der Waals surface area (Å²) in [5.74, 6) is 0. The van der Waals surface area contributed by atoms with Crippen LogP contribution in [0.3, 0.4) is 0 Å². The Bertz CT molecular complexity index is 731. The van der Waals surface area contributed by atoms with Crippen molar-refractivity contribution in [1.29, 1.82) is 0 Å². The van der Waals surface area contributed by atoms with Crippen LogP contribution in [0.1, 0.15) is 16.5 Å². The summed E-state index contributed by atoms with van der Waals surface area (Å²) in [7, 11) is 0. The van der Waals surface area contributed by atoms with Crippen LogP contribution >= 0.6 is 23.4 Å². The van der Waals surface area contributed by atoms with Gasteiger partial charge in [-0.2, -0.15) is 0 Å². The van der Waals surface area contributed by atoms with Crippen molar-refractivity contribution in [2.75, 3.05) is 6.26 Å². The summed E-state index contributed by atoms with van der Waals surface area (Å²) in [6, 6.07) is 23.1. The van der Waals surface area contributed by atoms with Gasteiger partial charge in [0.2, 0.25) is 0 Å². The zero-order valence-electron chi connectivity index (χ0n) is 11.2. The molecule has 3 aromatic rings. The molecule has 0 spiro atoms. The molecule has 0 amide bonds. The van der Waals surface area contributed by atoms with Crippen LogP contribution in [0.25, 0.3) is 10.8 Å². The molecule has 0 saturated heterocycles. The number of hydrogen-bond acceptors (Lipinski definition) is 1. The number of fused-ring (bicyclic) bond motifs is 1. The molecular formula is C18H15ClS. The van der Waals surface area contributed by atoms with Crippen molar-refractivity contribution in [1.82, 2.24) is 0 Å². The largest absolute Gasteiger partial charge is 0.129 e. The molecule has 0 fully saturated rings. The van der Waals surface area contributed by atoms with Crippen molar-refractivity contribution >= 4 is 34.1 Å². The van der Waals surface area contributed by atoms with Crippen LogP contribution in [0.4, 0.5) is 0 Å². The van der Waals surface area contributed by atoms with E-state index in [4.69, 9.17) is 11.6 Å². The number of thioether (sulfide) groups is 1. The van der Waals surface area contributed by atoms with E-state index in [2.05, 4.69) is 73.0 Å². The quantitative estimate of drug-likeness (QED) is 0.429. The first-order valence-electron chi connectivity index (χ1n) is 6.56. The van der Waals surface area contributed by atoms with Gasteiger partial charge >= 0.3 is 0 Å². The zero-order valence-corrected chi connectivity index (χ0v) is 12.8. The summed E-state index contributed by atoms with van der Waals surface area (Å²) in [6.07, 6.45) is 2.09. The lowest BCUT2D eigenvalue weighted by molar-refractivity contribution is 1.10. The Morgan fingerprint density at radius 3 is 2.30 bits per heavy atom. The molecule has 0 nitrogen and oxygen atoms in total. The van der Waals surface area contributed by atoms with Crippen LogP contribution in [0.5, 0.6) is 0 Å². The molecule has 1 unspecified atom stereocenters. The fraction of sp³-hybridized carbons (Fsp3) is 0.111. The molecule has 0 aliphatic carbocycles. The maximum Gasteiger partial charge on any atom is 0.0852 e. The van der Waals surface area contributed by atoms with E-state index in [1.165, 1.54) is 26.8 Å². The van der Waals surface area contributed by atoms with Gasteiger partial charge in [-0.25, -0.2) is 0 Å². The lowest BCUT2D eigenvalue weighted by atomic mass is 9.98. The Morgan fingerprint density at radius 1 is 0.800 bits per heavy atom. The van der Waals surface area contributed by atoms with Gasteiger partial charge < -0.3 is 0 Å². The zero-order chi connectivity index (χ0) is 13.9. The second-order valence-corrected chi connectivity index (χ2v) is 5.96. The van der Waals surface area contributed by atoms with E-state index in [0.29, 0.717) is 0 Å². The molecule has 2 heteroatoms. The molecule has 0 heterocycles. The Balaban J connectivity index is 2.15. The van der Waals surface area contributed by atoms with Gasteiger partial charge in [0.05, 0.1) is 5.38 Å². The minimum Gasteiger partial charge on any atom is -0.129 e. The molecule has 0 aromatic heterocycles. The first-order chi connectivity index (χ1) is 9.81. The van der Waals surface area contributed by atoms with E-state index in [-0.39, 0.29) is 5.38 Å². The lowest BCUT2D eigenvalue weighted by Gasteiger charge is -2.16. The molecule has 0 radical (unpaired) electrons. The average molecular weight is 299 g/mol. The van der Waals surface area contributed by atoms with Crippen molar-refractivity contribution in [3.8, 4) is 0 Å². The lowest BCUT2D eigenvalue weighted by Crippen LogP contribution is -1.96. The highest BCUT2D eigenvalue weighted by atomic mass is 35.5. The van der Waals surface area contributed by atoms with Gasteiger partial charge in [0.15, 0.2) is 0 Å². The maximum absolute atomic E-state index is 6.78. The molecule has 3 rings (SSSR count). The van der Waals surface area contributed by atoms with Gasteiger partial charge in [0, 0.05) is 4.90 Å². The van der Waals surface area contributed by atoms with E-state index >= 15 is 0 Å². The standard InChI is InChI=1S/C18H15ClS/c1-20-17-12-5-4-10-16(17)18(19)15-11-6-8-13-7-2-3-9-14(13)15/h2-12,18H,1H3. The van der Waals surface area contributed by atoms with E-state index in [1.807, 2.05) is 0 Å². The van der Waals surface area contributed by atoms with Crippen LogP contribution in [0.15, 0.2) is 71.6 Å². The fourth-order valence-electron chi connectivity index (χ4n) is 2.51. The van der Waals surface area contributed by atoms with Gasteiger partial charge in [-0.1, -0.05) is 60.7 Å². The fourth-order valence-corrected chi connectivity index (χ4v) is 3.60. The highest BCUT2D eigenvalue weighted by molar-refractivity contribution is 7.98. The SMILES string of the molecule is CSc1ccccc1C(Cl)c1cccc2ccccc12. The molecule has 0 saturated carbocycles. The Kier molecular flexibility index (Phi) is 4.00. The number of alkyl halides is 1. The third-order valence-electron chi connectivity index (χ3n) is 3.51. The predicted octanol–water partition coefficient (Wildman–Crippen LogP) is 5.89. The monoisotopic (exact) mass is 298 g/mol. The Morgan fingerprint density at radius 2 is 1.45 bits per heavy atom. The molecule has 0 bridgehead atoms. The number of halogens is 1. The van der Waals surface area contributed by atoms with E-state index in [0.717, 1.165) is 0 Å². The number of rotatable bonds is 3. The summed E-state index contributed by atoms with van der Waals surface area (Å²) in [5, 5.41) is 2.34. The molecule has 0 N–H and O–H groups in total. The van der Waals surface area contributed by atoms with Crippen molar-refractivity contribution in [2.45, 2.75) is 10.3 Å². The topological polar surface area (TPSA) is 0 Å². The van der Waals surface area contributed by atoms with Gasteiger partial charge in [0.25, 0.3) is 0 Å². The summed E-state index contributed by atoms with van der Waals surface area (Å²) in [6.45, 7) is 0. The first kappa shape index (κ1) is 13.5. The third kappa shape index (κ3) is 2.44. The normalized spacial score (nSPS) is 12.5. The molecule has 3 aromatic carbocycles. The Hall–Kier alpha value is -1.44. The van der Waals surface area contributed by atoms with Crippen LogP contribution in [-0.2, 0) is 0 Å². The van der Waals surface area contributed by atoms with Crippen LogP contribution in [0.2, 0.25) is 0 Å². The van der Waals surface area contributed by atoms with Crippen LogP contribution < -0.4 is 0 Å². The van der Waals surface area contributed by atoms with Gasteiger partial charge in [-0.15, -0.1) is 23.4 Å². The van der Waals surface area contributed by atoms with Crippen LogP contribution in [-0.4, -0.2) is 6.26 Å². The summed E-state index contributed by atoms with van der Waals surface area (Å²) < 4.78 is 0. The summed E-state index contributed by atoms with van der Waals surface area (Å²) in [5.41, 5.74) is 2.35.